The Balaban J connectivity index is 1.29. The van der Waals surface area contributed by atoms with E-state index in [2.05, 4.69) is 5.32 Å². The van der Waals surface area contributed by atoms with Crippen LogP contribution < -0.4 is 15.0 Å². The lowest BCUT2D eigenvalue weighted by molar-refractivity contribution is -0.328. The van der Waals surface area contributed by atoms with Gasteiger partial charge in [-0.3, -0.25) is 24.6 Å². The molecule has 5 aliphatic rings. The van der Waals surface area contributed by atoms with E-state index in [9.17, 15) is 29.1 Å². The molecule has 2 saturated heterocycles. The fraction of sp³-hybridized carbons (Fsp3) is 0.585. The largest absolute Gasteiger partial charge is 0.495 e. The standard InChI is InChI=1S/C41H54ClN3O14/c1-25-9-8-10-30(53-7)41(51)23-32(58-38(50)43-41)40(4)24-39(3,59-40)31(22-35(48)44(5)28-20-27(19-25)21-29(52-6)36(28)42)57-37(49)26(2)56-18-17-55-16-15-54-14-13-45-33(46)11-12-34(45)47/h8-12,20-21,26,30-32,51H,13-19,22-24H2,1-7H3,(H,43,50)/b10-8+,25-9+/t26-,30+,31-,32?,39+,40?,41-/m0/s1. The third kappa shape index (κ3) is 10.9. The van der Waals surface area contributed by atoms with Gasteiger partial charge in [0.25, 0.3) is 11.8 Å². The van der Waals surface area contributed by atoms with Crippen molar-refractivity contribution in [1.82, 2.24) is 10.2 Å². The number of nitrogens with one attached hydrogen (secondary N) is 1. The van der Waals surface area contributed by atoms with Crippen molar-refractivity contribution in [2.75, 3.05) is 65.7 Å². The third-order valence-electron chi connectivity index (χ3n) is 10.8. The summed E-state index contributed by atoms with van der Waals surface area (Å²) in [6.07, 6.45) is 2.81. The van der Waals surface area contributed by atoms with Crippen molar-refractivity contribution >= 4 is 47.1 Å². The van der Waals surface area contributed by atoms with Gasteiger partial charge in [-0.15, -0.1) is 0 Å². The van der Waals surface area contributed by atoms with E-state index < -0.39 is 59.3 Å². The van der Waals surface area contributed by atoms with Crippen molar-refractivity contribution in [2.24, 2.45) is 0 Å². The molecule has 0 radical (unpaired) electrons. The fourth-order valence-corrected chi connectivity index (χ4v) is 7.93. The fourth-order valence-electron chi connectivity index (χ4n) is 7.62. The monoisotopic (exact) mass is 847 g/mol. The molecule has 1 aromatic rings. The highest BCUT2D eigenvalue weighted by Gasteiger charge is 2.63. The molecular formula is C41H54ClN3O14. The van der Waals surface area contributed by atoms with E-state index in [1.54, 1.807) is 45.2 Å². The van der Waals surface area contributed by atoms with Crippen LogP contribution in [0.2, 0.25) is 5.02 Å². The van der Waals surface area contributed by atoms with Crippen LogP contribution in [0.15, 0.2) is 48.1 Å². The minimum atomic E-state index is -1.87. The summed E-state index contributed by atoms with van der Waals surface area (Å²) in [5.74, 6) is -1.60. The highest BCUT2D eigenvalue weighted by Crippen LogP contribution is 2.50. The van der Waals surface area contributed by atoms with Gasteiger partial charge in [-0.1, -0.05) is 35.4 Å². The number of allylic oxidation sites excluding steroid dienone is 3. The van der Waals surface area contributed by atoms with E-state index in [-0.39, 0.29) is 75.7 Å². The number of methoxy groups -OCH3 is 2. The van der Waals surface area contributed by atoms with E-state index >= 15 is 0 Å². The Morgan fingerprint density at radius 3 is 2.36 bits per heavy atom. The highest BCUT2D eigenvalue weighted by atomic mass is 35.5. The van der Waals surface area contributed by atoms with E-state index in [4.69, 9.17) is 49.5 Å². The SMILES string of the molecule is COc1cc2cc(c1Cl)N(C)C(=O)C[C@H](OC(=O)[C@H](C)OCCOCCOCCN1C(=O)C=CC1=O)[C@@]1(C)CC(C)(O1)C1C[C@@](O)(NC(=O)O1)[C@H](OC)/C=C/C=C(\C)C2. The van der Waals surface area contributed by atoms with Gasteiger partial charge in [-0.25, -0.2) is 9.59 Å². The Kier molecular flexibility index (Phi) is 15.0. The molecule has 324 valence electrons. The molecule has 5 heterocycles. The van der Waals surface area contributed by atoms with Gasteiger partial charge in [-0.05, 0) is 51.8 Å². The maximum Gasteiger partial charge on any atom is 0.409 e. The zero-order valence-corrected chi connectivity index (χ0v) is 35.2. The van der Waals surface area contributed by atoms with Crippen LogP contribution in [0.5, 0.6) is 5.75 Å². The second kappa shape index (κ2) is 19.4. The molecule has 0 spiro atoms. The first-order valence-electron chi connectivity index (χ1n) is 19.3. The van der Waals surface area contributed by atoms with Gasteiger partial charge in [0.1, 0.15) is 40.3 Å². The number of rotatable bonds is 14. The number of aliphatic hydroxyl groups is 1. The number of halogens is 1. The van der Waals surface area contributed by atoms with Gasteiger partial charge < -0.3 is 47.9 Å². The molecule has 59 heavy (non-hydrogen) atoms. The number of amides is 4. The summed E-state index contributed by atoms with van der Waals surface area (Å²) >= 11 is 6.76. The number of esters is 1. The van der Waals surface area contributed by atoms with Crippen LogP contribution in [0, 0.1) is 0 Å². The highest BCUT2D eigenvalue weighted by molar-refractivity contribution is 6.35. The smallest absolute Gasteiger partial charge is 0.409 e. The normalized spacial score (nSPS) is 30.5. The molecule has 18 heteroatoms. The van der Waals surface area contributed by atoms with Gasteiger partial charge in [0.05, 0.1) is 58.8 Å². The lowest BCUT2D eigenvalue weighted by Gasteiger charge is -2.59. The van der Waals surface area contributed by atoms with Crippen LogP contribution in [0.3, 0.4) is 0 Å². The molecule has 2 unspecified atom stereocenters. The summed E-state index contributed by atoms with van der Waals surface area (Å²) in [7, 11) is 4.47. The minimum Gasteiger partial charge on any atom is -0.495 e. The number of carbonyl (C=O) groups is 5. The quantitative estimate of drug-likeness (QED) is 0.157. The molecule has 0 saturated carbocycles. The Labute approximate surface area is 348 Å². The predicted octanol–water partition coefficient (Wildman–Crippen LogP) is 3.18. The topological polar surface area (TPSA) is 198 Å². The Hall–Kier alpha value is -4.36. The number of ether oxygens (including phenoxy) is 8. The average molecular weight is 848 g/mol. The molecule has 7 atom stereocenters. The molecule has 6 rings (SSSR count). The molecule has 0 aromatic heterocycles. The summed E-state index contributed by atoms with van der Waals surface area (Å²) in [4.78, 5) is 66.3. The first-order chi connectivity index (χ1) is 27.9. The lowest BCUT2D eigenvalue weighted by atomic mass is 9.72. The van der Waals surface area contributed by atoms with Crippen molar-refractivity contribution < 1.29 is 67.0 Å². The van der Waals surface area contributed by atoms with Crippen molar-refractivity contribution in [3.05, 3.63) is 58.7 Å². The van der Waals surface area contributed by atoms with Gasteiger partial charge in [0, 0.05) is 39.2 Å². The second-order valence-electron chi connectivity index (χ2n) is 15.4. The molecule has 5 aliphatic heterocycles. The van der Waals surface area contributed by atoms with Crippen LogP contribution in [-0.4, -0.2) is 142 Å². The van der Waals surface area contributed by atoms with Crippen LogP contribution in [0.4, 0.5) is 10.5 Å². The number of fused-ring (bicyclic) bond motifs is 6. The summed E-state index contributed by atoms with van der Waals surface area (Å²) in [5, 5.41) is 14.5. The summed E-state index contributed by atoms with van der Waals surface area (Å²) in [6, 6.07) is 3.57. The Morgan fingerprint density at radius 1 is 1.03 bits per heavy atom. The van der Waals surface area contributed by atoms with E-state index in [0.717, 1.165) is 16.0 Å². The molecule has 17 nitrogen and oxygen atoms in total. The van der Waals surface area contributed by atoms with Crippen molar-refractivity contribution in [3.63, 3.8) is 0 Å². The van der Waals surface area contributed by atoms with E-state index in [1.807, 2.05) is 13.0 Å². The van der Waals surface area contributed by atoms with E-state index in [1.165, 1.54) is 38.2 Å². The van der Waals surface area contributed by atoms with Gasteiger partial charge in [0.2, 0.25) is 5.91 Å². The van der Waals surface area contributed by atoms with Crippen LogP contribution in [-0.2, 0) is 58.8 Å². The molecule has 6 bridgehead atoms. The zero-order chi connectivity index (χ0) is 43.1. The first-order valence-corrected chi connectivity index (χ1v) is 19.7. The van der Waals surface area contributed by atoms with Crippen LogP contribution >= 0.6 is 11.6 Å². The summed E-state index contributed by atoms with van der Waals surface area (Å²) < 4.78 is 46.1. The van der Waals surface area contributed by atoms with Crippen molar-refractivity contribution in [1.29, 1.82) is 0 Å². The van der Waals surface area contributed by atoms with Gasteiger partial charge >= 0.3 is 12.1 Å². The predicted molar refractivity (Wildman–Crippen MR) is 212 cm³/mol. The average Bonchev–Trinajstić information content (AvgIpc) is 3.49. The number of alkyl carbamates (subject to hydrolysis) is 1. The molecule has 0 aliphatic carbocycles. The molecule has 1 aromatic carbocycles. The third-order valence-corrected chi connectivity index (χ3v) is 11.2. The summed E-state index contributed by atoms with van der Waals surface area (Å²) in [5.41, 5.74) is -2.18. The van der Waals surface area contributed by atoms with Gasteiger partial charge in [-0.2, -0.15) is 0 Å². The second-order valence-corrected chi connectivity index (χ2v) is 15.8. The number of hydrogen-bond acceptors (Lipinski definition) is 14. The Morgan fingerprint density at radius 2 is 1.69 bits per heavy atom. The number of anilines is 1. The lowest BCUT2D eigenvalue weighted by Crippen LogP contribution is -2.72. The van der Waals surface area contributed by atoms with Gasteiger partial charge in [0.15, 0.2) is 11.8 Å². The zero-order valence-electron chi connectivity index (χ0n) is 34.4. The number of carbonyl (C=O) groups excluding carboxylic acids is 5. The maximum atomic E-state index is 14.1. The number of nitrogens with zero attached hydrogens (tertiary/aromatic N) is 2. The maximum absolute atomic E-state index is 14.1. The Bertz CT molecular complexity index is 1830. The molecular weight excluding hydrogens is 794 g/mol. The van der Waals surface area contributed by atoms with E-state index in [0.29, 0.717) is 17.9 Å². The van der Waals surface area contributed by atoms with Crippen molar-refractivity contribution in [3.8, 4) is 5.75 Å². The van der Waals surface area contributed by atoms with Crippen molar-refractivity contribution in [2.45, 2.75) is 94.7 Å². The summed E-state index contributed by atoms with van der Waals surface area (Å²) in [6.45, 7) is 7.70. The number of imide groups is 1. The number of benzene rings is 1. The first kappa shape index (κ1) is 45.7. The minimum absolute atomic E-state index is 0.0316. The molecule has 2 N–H and O–H groups in total. The van der Waals surface area contributed by atoms with Crippen LogP contribution in [0.25, 0.3) is 0 Å². The number of hydrogen-bond donors (Lipinski definition) is 2. The molecule has 4 amide bonds. The van der Waals surface area contributed by atoms with Crippen LogP contribution in [0.1, 0.15) is 52.5 Å². The molecule has 2 fully saturated rings.